The van der Waals surface area contributed by atoms with Crippen molar-refractivity contribution in [2.75, 3.05) is 26.4 Å². The SMILES string of the molecule is CCOCCC1(C(=O)NCc2cn(C3CCOC3)nn2)CCCC1. The lowest BCUT2D eigenvalue weighted by Gasteiger charge is -2.27. The van der Waals surface area contributed by atoms with Crippen LogP contribution < -0.4 is 5.32 Å². The lowest BCUT2D eigenvalue weighted by atomic mass is 9.82. The molecule has 24 heavy (non-hydrogen) atoms. The Labute approximate surface area is 143 Å². The van der Waals surface area contributed by atoms with E-state index in [0.717, 1.165) is 50.8 Å². The molecule has 134 valence electrons. The van der Waals surface area contributed by atoms with Crippen molar-refractivity contribution in [1.29, 1.82) is 0 Å². The maximum Gasteiger partial charge on any atom is 0.226 e. The maximum atomic E-state index is 12.8. The number of hydrogen-bond donors (Lipinski definition) is 1. The predicted molar refractivity (Wildman–Crippen MR) is 88.4 cm³/mol. The van der Waals surface area contributed by atoms with Crippen LogP contribution in [-0.4, -0.2) is 47.3 Å². The van der Waals surface area contributed by atoms with Gasteiger partial charge in [0, 0.05) is 19.8 Å². The maximum absolute atomic E-state index is 12.8. The van der Waals surface area contributed by atoms with E-state index in [4.69, 9.17) is 9.47 Å². The number of nitrogens with one attached hydrogen (secondary N) is 1. The molecule has 2 fully saturated rings. The first kappa shape index (κ1) is 17.4. The van der Waals surface area contributed by atoms with Crippen LogP contribution in [0, 0.1) is 5.41 Å². The molecule has 1 aliphatic carbocycles. The molecule has 1 aromatic heterocycles. The fourth-order valence-corrected chi connectivity index (χ4v) is 3.72. The number of carbonyl (C=O) groups excluding carboxylic acids is 1. The highest BCUT2D eigenvalue weighted by molar-refractivity contribution is 5.82. The summed E-state index contributed by atoms with van der Waals surface area (Å²) in [6.07, 6.45) is 7.85. The van der Waals surface area contributed by atoms with Crippen molar-refractivity contribution < 1.29 is 14.3 Å². The Morgan fingerprint density at radius 1 is 1.50 bits per heavy atom. The van der Waals surface area contributed by atoms with E-state index >= 15 is 0 Å². The Hall–Kier alpha value is -1.47. The molecule has 2 heterocycles. The van der Waals surface area contributed by atoms with Crippen molar-refractivity contribution in [3.8, 4) is 0 Å². The van der Waals surface area contributed by atoms with Gasteiger partial charge in [0.15, 0.2) is 0 Å². The van der Waals surface area contributed by atoms with Crippen molar-refractivity contribution >= 4 is 5.91 Å². The highest BCUT2D eigenvalue weighted by Crippen LogP contribution is 2.41. The van der Waals surface area contributed by atoms with Crippen LogP contribution in [0.3, 0.4) is 0 Å². The summed E-state index contributed by atoms with van der Waals surface area (Å²) >= 11 is 0. The van der Waals surface area contributed by atoms with E-state index in [-0.39, 0.29) is 17.4 Å². The van der Waals surface area contributed by atoms with E-state index < -0.39 is 0 Å². The van der Waals surface area contributed by atoms with Crippen LogP contribution >= 0.6 is 0 Å². The second-order valence-corrected chi connectivity index (χ2v) is 6.82. The van der Waals surface area contributed by atoms with Crippen molar-refractivity contribution in [2.24, 2.45) is 5.41 Å². The Bertz CT molecular complexity index is 534. The number of nitrogens with zero attached hydrogens (tertiary/aromatic N) is 3. The topological polar surface area (TPSA) is 78.3 Å². The quantitative estimate of drug-likeness (QED) is 0.733. The van der Waals surface area contributed by atoms with Crippen LogP contribution in [0.25, 0.3) is 0 Å². The van der Waals surface area contributed by atoms with Gasteiger partial charge in [-0.1, -0.05) is 18.1 Å². The minimum atomic E-state index is -0.259. The molecule has 1 aliphatic heterocycles. The first-order chi connectivity index (χ1) is 11.7. The monoisotopic (exact) mass is 336 g/mol. The van der Waals surface area contributed by atoms with Crippen LogP contribution in [0.2, 0.25) is 0 Å². The van der Waals surface area contributed by atoms with Crippen LogP contribution in [0.1, 0.15) is 57.2 Å². The largest absolute Gasteiger partial charge is 0.382 e. The molecule has 0 spiro atoms. The molecule has 0 radical (unpaired) electrons. The second kappa shape index (κ2) is 8.07. The van der Waals surface area contributed by atoms with Gasteiger partial charge in [0.05, 0.1) is 30.8 Å². The summed E-state index contributed by atoms with van der Waals surface area (Å²) in [5.41, 5.74) is 0.540. The van der Waals surface area contributed by atoms with Gasteiger partial charge in [-0.15, -0.1) is 5.10 Å². The number of amides is 1. The van der Waals surface area contributed by atoms with Gasteiger partial charge >= 0.3 is 0 Å². The molecule has 1 saturated carbocycles. The minimum Gasteiger partial charge on any atom is -0.382 e. The third-order valence-corrected chi connectivity index (χ3v) is 5.24. The normalized spacial score (nSPS) is 22.8. The standard InChI is InChI=1S/C17H28N4O3/c1-2-23-10-8-17(6-3-4-7-17)16(22)18-11-14-12-21(20-19-14)15-5-9-24-13-15/h12,15H,2-11,13H2,1H3,(H,18,22). The van der Waals surface area contributed by atoms with E-state index in [1.165, 1.54) is 0 Å². The number of ether oxygens (including phenoxy) is 2. The van der Waals surface area contributed by atoms with Crippen LogP contribution in [0.4, 0.5) is 0 Å². The van der Waals surface area contributed by atoms with Gasteiger partial charge in [-0.3, -0.25) is 4.79 Å². The average molecular weight is 336 g/mol. The zero-order valence-corrected chi connectivity index (χ0v) is 14.5. The highest BCUT2D eigenvalue weighted by Gasteiger charge is 2.40. The summed E-state index contributed by atoms with van der Waals surface area (Å²) < 4.78 is 12.7. The zero-order chi connectivity index (χ0) is 16.8. The molecule has 0 bridgehead atoms. The molecule has 2 aliphatic rings. The second-order valence-electron chi connectivity index (χ2n) is 6.82. The van der Waals surface area contributed by atoms with Gasteiger partial charge in [0.2, 0.25) is 5.91 Å². The summed E-state index contributed by atoms with van der Waals surface area (Å²) in [4.78, 5) is 12.8. The van der Waals surface area contributed by atoms with Gasteiger partial charge in [-0.05, 0) is 32.6 Å². The van der Waals surface area contributed by atoms with Crippen molar-refractivity contribution in [3.05, 3.63) is 11.9 Å². The summed E-state index contributed by atoms with van der Waals surface area (Å²) in [5.74, 6) is 0.137. The van der Waals surface area contributed by atoms with Gasteiger partial charge in [-0.25, -0.2) is 4.68 Å². The van der Waals surface area contributed by atoms with Crippen LogP contribution in [0.15, 0.2) is 6.20 Å². The van der Waals surface area contributed by atoms with Gasteiger partial charge < -0.3 is 14.8 Å². The van der Waals surface area contributed by atoms with E-state index in [1.54, 1.807) is 0 Å². The fraction of sp³-hybridized carbons (Fsp3) is 0.824. The number of aromatic nitrogens is 3. The van der Waals surface area contributed by atoms with Gasteiger partial charge in [0.1, 0.15) is 5.69 Å². The van der Waals surface area contributed by atoms with Crippen LogP contribution in [0.5, 0.6) is 0 Å². The van der Waals surface area contributed by atoms with E-state index in [0.29, 0.717) is 26.4 Å². The number of carbonyl (C=O) groups is 1. The third kappa shape index (κ3) is 3.95. The summed E-state index contributed by atoms with van der Waals surface area (Å²) in [5, 5.41) is 11.4. The molecule has 7 heteroatoms. The molecule has 1 atom stereocenters. The van der Waals surface area contributed by atoms with E-state index in [2.05, 4.69) is 15.6 Å². The lowest BCUT2D eigenvalue weighted by Crippen LogP contribution is -2.39. The predicted octanol–water partition coefficient (Wildman–Crippen LogP) is 1.84. The summed E-state index contributed by atoms with van der Waals surface area (Å²) in [7, 11) is 0. The van der Waals surface area contributed by atoms with Crippen LogP contribution in [-0.2, 0) is 20.8 Å². The lowest BCUT2D eigenvalue weighted by molar-refractivity contribution is -0.132. The number of hydrogen-bond acceptors (Lipinski definition) is 5. The van der Waals surface area contributed by atoms with Crippen molar-refractivity contribution in [3.63, 3.8) is 0 Å². The molecule has 1 N–H and O–H groups in total. The molecular formula is C17H28N4O3. The molecule has 1 unspecified atom stereocenters. The summed E-state index contributed by atoms with van der Waals surface area (Å²) in [6, 6.07) is 0.273. The first-order valence-corrected chi connectivity index (χ1v) is 9.08. The molecular weight excluding hydrogens is 308 g/mol. The highest BCUT2D eigenvalue weighted by atomic mass is 16.5. The average Bonchev–Trinajstić information content (AvgIpc) is 3.33. The van der Waals surface area contributed by atoms with Gasteiger partial charge in [-0.2, -0.15) is 0 Å². The Morgan fingerprint density at radius 3 is 3.04 bits per heavy atom. The Morgan fingerprint density at radius 2 is 2.33 bits per heavy atom. The molecule has 1 aromatic rings. The smallest absolute Gasteiger partial charge is 0.226 e. The fourth-order valence-electron chi connectivity index (χ4n) is 3.72. The molecule has 3 rings (SSSR count). The first-order valence-electron chi connectivity index (χ1n) is 9.08. The van der Waals surface area contributed by atoms with E-state index in [1.807, 2.05) is 17.8 Å². The zero-order valence-electron chi connectivity index (χ0n) is 14.5. The van der Waals surface area contributed by atoms with Crippen molar-refractivity contribution in [2.45, 2.75) is 58.0 Å². The van der Waals surface area contributed by atoms with Crippen molar-refractivity contribution in [1.82, 2.24) is 20.3 Å². The minimum absolute atomic E-state index is 0.137. The number of rotatable bonds is 8. The van der Waals surface area contributed by atoms with E-state index in [9.17, 15) is 4.79 Å². The molecule has 7 nitrogen and oxygen atoms in total. The Kier molecular flexibility index (Phi) is 5.84. The molecule has 1 amide bonds. The molecule has 1 saturated heterocycles. The third-order valence-electron chi connectivity index (χ3n) is 5.24. The summed E-state index contributed by atoms with van der Waals surface area (Å²) in [6.45, 7) is 5.24. The van der Waals surface area contributed by atoms with Gasteiger partial charge in [0.25, 0.3) is 0 Å². The Balaban J connectivity index is 1.53. The molecule has 0 aromatic carbocycles.